The van der Waals surface area contributed by atoms with Crippen LogP contribution in [0.15, 0.2) is 122 Å². The largest absolute Gasteiger partial charge is 0.457 e. The lowest BCUT2D eigenvalue weighted by Gasteiger charge is -2.38. The van der Waals surface area contributed by atoms with Crippen LogP contribution in [0, 0.1) is 0 Å². The van der Waals surface area contributed by atoms with Crippen LogP contribution in [0.4, 0.5) is 26.3 Å². The number of hydrogen-bond donors (Lipinski definition) is 0. The van der Waals surface area contributed by atoms with Gasteiger partial charge in [0.05, 0.1) is 0 Å². The minimum absolute atomic E-state index is 0.175. The van der Waals surface area contributed by atoms with Crippen LogP contribution in [-0.4, -0.2) is 49.8 Å². The maximum absolute atomic E-state index is 14.7. The highest BCUT2D eigenvalue weighted by atomic mass is 19.4. The van der Waals surface area contributed by atoms with Gasteiger partial charge >= 0.3 is 36.2 Å². The zero-order valence-corrected chi connectivity index (χ0v) is 29.9. The molecule has 0 amide bonds. The predicted molar refractivity (Wildman–Crippen MR) is 190 cm³/mol. The molecule has 0 saturated heterocycles. The van der Waals surface area contributed by atoms with E-state index < -0.39 is 52.8 Å². The van der Waals surface area contributed by atoms with Gasteiger partial charge in [-0.15, -0.1) is 0 Å². The molecule has 0 unspecified atom stereocenters. The van der Waals surface area contributed by atoms with Gasteiger partial charge in [0, 0.05) is 25.0 Å². The second-order valence-corrected chi connectivity index (χ2v) is 11.9. The van der Waals surface area contributed by atoms with Gasteiger partial charge < -0.3 is 28.4 Å². The Morgan fingerprint density at radius 1 is 0.491 bits per heavy atom. The SMILES string of the molecule is C=CC(=O)OCOc1ccc(CCC(=O)Oc2ccc(C(c3ccc(OC(=O)CCc4ccc(OCOC(=O)C=C)cc4)cc3)(C(F)(F)F)C(F)(F)F)cc2)cc1. The Labute approximate surface area is 322 Å². The zero-order chi connectivity index (χ0) is 41.6. The molecule has 0 N–H and O–H groups in total. The molecule has 0 aromatic heterocycles. The summed E-state index contributed by atoms with van der Waals surface area (Å²) in [7, 11) is 0. The van der Waals surface area contributed by atoms with Gasteiger partial charge in [0.25, 0.3) is 0 Å². The first-order valence-corrected chi connectivity index (χ1v) is 16.8. The average Bonchev–Trinajstić information content (AvgIpc) is 3.17. The van der Waals surface area contributed by atoms with E-state index in [0.29, 0.717) is 46.9 Å². The molecule has 0 spiro atoms. The summed E-state index contributed by atoms with van der Waals surface area (Å²) in [6.07, 6.45) is -9.82. The number of carbonyl (C=O) groups is 4. The molecule has 10 nitrogen and oxygen atoms in total. The monoisotopic (exact) mass is 800 g/mol. The van der Waals surface area contributed by atoms with Crippen molar-refractivity contribution in [1.82, 2.24) is 0 Å². The summed E-state index contributed by atoms with van der Waals surface area (Å²) in [5.41, 5.74) is -5.53. The van der Waals surface area contributed by atoms with Gasteiger partial charge in [0.15, 0.2) is 0 Å². The number of rotatable bonds is 18. The van der Waals surface area contributed by atoms with Gasteiger partial charge in [-0.1, -0.05) is 61.7 Å². The number of carbonyl (C=O) groups excluding carboxylic acids is 4. The summed E-state index contributed by atoms with van der Waals surface area (Å²) in [5.74, 6) is -2.74. The number of benzene rings is 4. The molecule has 4 aromatic rings. The molecule has 0 fully saturated rings. The van der Waals surface area contributed by atoms with Gasteiger partial charge in [-0.2, -0.15) is 26.3 Å². The van der Waals surface area contributed by atoms with Crippen LogP contribution in [0.25, 0.3) is 0 Å². The Kier molecular flexibility index (Phi) is 14.6. The number of aryl methyl sites for hydroxylation is 2. The molecule has 0 saturated carbocycles. The second kappa shape index (κ2) is 19.3. The summed E-state index contributed by atoms with van der Waals surface area (Å²) < 4.78 is 118. The molecule has 0 bridgehead atoms. The lowest BCUT2D eigenvalue weighted by atomic mass is 9.73. The molecule has 0 aliphatic carbocycles. The topological polar surface area (TPSA) is 124 Å². The van der Waals surface area contributed by atoms with E-state index in [9.17, 15) is 45.5 Å². The summed E-state index contributed by atoms with van der Waals surface area (Å²) >= 11 is 0. The highest BCUT2D eigenvalue weighted by Gasteiger charge is 2.72. The van der Waals surface area contributed by atoms with Crippen LogP contribution < -0.4 is 18.9 Å². The van der Waals surface area contributed by atoms with E-state index in [4.69, 9.17) is 28.4 Å². The smallest absolute Gasteiger partial charge is 0.411 e. The van der Waals surface area contributed by atoms with E-state index in [1.807, 2.05) is 0 Å². The van der Waals surface area contributed by atoms with E-state index in [2.05, 4.69) is 13.2 Å². The maximum atomic E-state index is 14.7. The van der Waals surface area contributed by atoms with Crippen molar-refractivity contribution in [1.29, 1.82) is 0 Å². The highest BCUT2D eigenvalue weighted by Crippen LogP contribution is 2.56. The van der Waals surface area contributed by atoms with Crippen molar-refractivity contribution in [2.75, 3.05) is 13.6 Å². The molecule has 0 atom stereocenters. The zero-order valence-electron chi connectivity index (χ0n) is 29.9. The molecule has 4 rings (SSSR count). The fourth-order valence-electron chi connectivity index (χ4n) is 5.32. The minimum Gasteiger partial charge on any atom is -0.457 e. The lowest BCUT2D eigenvalue weighted by Crippen LogP contribution is -2.54. The third-order valence-electron chi connectivity index (χ3n) is 8.16. The van der Waals surface area contributed by atoms with Crippen molar-refractivity contribution in [3.8, 4) is 23.0 Å². The Morgan fingerprint density at radius 2 is 0.807 bits per heavy atom. The van der Waals surface area contributed by atoms with E-state index >= 15 is 0 Å². The average molecular weight is 801 g/mol. The number of hydrogen-bond acceptors (Lipinski definition) is 10. The fourth-order valence-corrected chi connectivity index (χ4v) is 5.32. The molecule has 0 radical (unpaired) electrons. The normalized spacial score (nSPS) is 11.5. The highest BCUT2D eigenvalue weighted by molar-refractivity contribution is 5.81. The number of alkyl halides is 6. The first kappa shape index (κ1) is 43.2. The molecule has 0 aliphatic heterocycles. The van der Waals surface area contributed by atoms with Gasteiger partial charge in [0.2, 0.25) is 19.0 Å². The van der Waals surface area contributed by atoms with Crippen molar-refractivity contribution in [3.63, 3.8) is 0 Å². The summed E-state index contributed by atoms with van der Waals surface area (Å²) in [6, 6.07) is 18.4. The number of esters is 4. The maximum Gasteiger partial charge on any atom is 0.411 e. The molecule has 16 heteroatoms. The van der Waals surface area contributed by atoms with Crippen LogP contribution >= 0.6 is 0 Å². The first-order chi connectivity index (χ1) is 27.0. The van der Waals surface area contributed by atoms with E-state index in [1.54, 1.807) is 48.5 Å². The molecule has 300 valence electrons. The second-order valence-electron chi connectivity index (χ2n) is 11.9. The standard InChI is InChI=1S/C41H34F6O10/c1-3-35(48)54-25-52-31-15-5-27(6-16-31)9-23-37(50)56-33-19-11-29(12-20-33)39(40(42,43)44,41(45,46)47)30-13-21-34(22-14-30)57-38(51)24-10-28-7-17-32(18-8-28)53-26-55-36(49)4-2/h3-8,11-22H,1-2,9-10,23-26H2. The summed E-state index contributed by atoms with van der Waals surface area (Å²) in [4.78, 5) is 47.1. The Morgan fingerprint density at radius 3 is 1.11 bits per heavy atom. The third-order valence-corrected chi connectivity index (χ3v) is 8.16. The van der Waals surface area contributed by atoms with Crippen molar-refractivity contribution in [3.05, 3.63) is 145 Å². The van der Waals surface area contributed by atoms with E-state index in [0.717, 1.165) is 36.4 Å². The van der Waals surface area contributed by atoms with Gasteiger partial charge in [-0.3, -0.25) is 9.59 Å². The van der Waals surface area contributed by atoms with E-state index in [-0.39, 0.29) is 50.8 Å². The van der Waals surface area contributed by atoms with Crippen LogP contribution in [0.2, 0.25) is 0 Å². The number of halogens is 6. The van der Waals surface area contributed by atoms with Crippen LogP contribution in [0.1, 0.15) is 35.1 Å². The third kappa shape index (κ3) is 11.7. The number of ether oxygens (including phenoxy) is 6. The van der Waals surface area contributed by atoms with Gasteiger partial charge in [0.1, 0.15) is 23.0 Å². The predicted octanol–water partition coefficient (Wildman–Crippen LogP) is 8.30. The van der Waals surface area contributed by atoms with Crippen molar-refractivity contribution >= 4 is 23.9 Å². The Hall–Kier alpha value is -6.58. The van der Waals surface area contributed by atoms with Gasteiger partial charge in [-0.25, -0.2) is 9.59 Å². The summed E-state index contributed by atoms with van der Waals surface area (Å²) in [6.45, 7) is 5.83. The molecular weight excluding hydrogens is 766 g/mol. The molecular formula is C41H34F6O10. The molecule has 0 aliphatic rings. The van der Waals surface area contributed by atoms with Crippen molar-refractivity contribution in [2.45, 2.75) is 43.5 Å². The quantitative estimate of drug-likeness (QED) is 0.0319. The Bertz CT molecular complexity index is 1860. The molecule has 4 aromatic carbocycles. The minimum atomic E-state index is -5.89. The van der Waals surface area contributed by atoms with Crippen LogP contribution in [0.3, 0.4) is 0 Å². The fraction of sp³-hybridized carbons (Fsp3) is 0.220. The van der Waals surface area contributed by atoms with Crippen LogP contribution in [-0.2, 0) is 46.9 Å². The molecule has 57 heavy (non-hydrogen) atoms. The Balaban J connectivity index is 1.37. The lowest BCUT2D eigenvalue weighted by molar-refractivity contribution is -0.288. The summed E-state index contributed by atoms with van der Waals surface area (Å²) in [5, 5.41) is 0. The van der Waals surface area contributed by atoms with E-state index in [1.165, 1.54) is 0 Å². The molecule has 0 heterocycles. The van der Waals surface area contributed by atoms with Gasteiger partial charge in [-0.05, 0) is 83.6 Å². The van der Waals surface area contributed by atoms with Crippen molar-refractivity contribution < 1.29 is 73.9 Å². The van der Waals surface area contributed by atoms with Crippen molar-refractivity contribution in [2.24, 2.45) is 0 Å². The van der Waals surface area contributed by atoms with Crippen LogP contribution in [0.5, 0.6) is 23.0 Å². The first-order valence-electron chi connectivity index (χ1n) is 16.8.